The van der Waals surface area contributed by atoms with Gasteiger partial charge in [-0.15, -0.1) is 0 Å². The molecule has 1 fully saturated rings. The van der Waals surface area contributed by atoms with Crippen LogP contribution in [0.3, 0.4) is 0 Å². The number of nitrogens with one attached hydrogen (secondary N) is 1. The topological polar surface area (TPSA) is 64.1 Å². The summed E-state index contributed by atoms with van der Waals surface area (Å²) in [4.78, 5) is 4.44. The number of nitrogens with zero attached hydrogens (tertiary/aromatic N) is 1. The lowest BCUT2D eigenvalue weighted by molar-refractivity contribution is 0.452. The Balaban J connectivity index is 2.00. The molecule has 1 aliphatic rings. The summed E-state index contributed by atoms with van der Waals surface area (Å²) in [5, 5.41) is 3.37. The molecule has 1 aromatic rings. The van der Waals surface area contributed by atoms with Crippen LogP contribution in [0.5, 0.6) is 0 Å². The van der Waals surface area contributed by atoms with Gasteiger partial charge in [0.1, 0.15) is 6.26 Å². The highest BCUT2D eigenvalue weighted by Crippen LogP contribution is 2.22. The lowest BCUT2D eigenvalue weighted by atomic mass is 9.97. The SMILES string of the molecule is NCCc1nc(C2CCCNC2)co1. The molecule has 4 heteroatoms. The molecule has 0 bridgehead atoms. The molecule has 3 N–H and O–H groups in total. The van der Waals surface area contributed by atoms with Crippen molar-refractivity contribution in [3.05, 3.63) is 17.8 Å². The summed E-state index contributed by atoms with van der Waals surface area (Å²) in [6.07, 6.45) is 4.95. The minimum Gasteiger partial charge on any atom is -0.449 e. The Kier molecular flexibility index (Phi) is 3.16. The van der Waals surface area contributed by atoms with E-state index < -0.39 is 0 Å². The first-order valence-electron chi connectivity index (χ1n) is 5.25. The normalized spacial score (nSPS) is 22.5. The molecule has 0 radical (unpaired) electrons. The van der Waals surface area contributed by atoms with E-state index >= 15 is 0 Å². The molecule has 0 aromatic carbocycles. The van der Waals surface area contributed by atoms with Gasteiger partial charge >= 0.3 is 0 Å². The number of piperidine rings is 1. The monoisotopic (exact) mass is 195 g/mol. The van der Waals surface area contributed by atoms with Gasteiger partial charge in [-0.1, -0.05) is 0 Å². The van der Waals surface area contributed by atoms with Gasteiger partial charge in [-0.2, -0.15) is 0 Å². The number of hydrogen-bond acceptors (Lipinski definition) is 4. The fraction of sp³-hybridized carbons (Fsp3) is 0.700. The average Bonchev–Trinajstić information content (AvgIpc) is 2.68. The van der Waals surface area contributed by atoms with Gasteiger partial charge in [-0.25, -0.2) is 4.98 Å². The minimum absolute atomic E-state index is 0.527. The molecule has 1 atom stereocenters. The first-order valence-corrected chi connectivity index (χ1v) is 5.25. The Bertz CT molecular complexity index is 279. The van der Waals surface area contributed by atoms with Crippen LogP contribution in [0.2, 0.25) is 0 Å². The molecule has 2 heterocycles. The predicted molar refractivity (Wildman–Crippen MR) is 54.1 cm³/mol. The van der Waals surface area contributed by atoms with Crippen LogP contribution in [0.1, 0.15) is 30.3 Å². The molecule has 1 unspecified atom stereocenters. The van der Waals surface area contributed by atoms with Gasteiger partial charge < -0.3 is 15.5 Å². The highest BCUT2D eigenvalue weighted by molar-refractivity contribution is 5.06. The summed E-state index contributed by atoms with van der Waals surface area (Å²) < 4.78 is 5.34. The number of nitrogens with two attached hydrogens (primary N) is 1. The van der Waals surface area contributed by atoms with Gasteiger partial charge in [0.05, 0.1) is 5.69 Å². The van der Waals surface area contributed by atoms with Crippen LogP contribution in [-0.2, 0) is 6.42 Å². The Morgan fingerprint density at radius 1 is 1.64 bits per heavy atom. The standard InChI is InChI=1S/C10H17N3O/c11-4-3-10-13-9(7-14-10)8-2-1-5-12-6-8/h7-8,12H,1-6,11H2. The van der Waals surface area contributed by atoms with E-state index in [2.05, 4.69) is 10.3 Å². The number of oxazole rings is 1. The summed E-state index contributed by atoms with van der Waals surface area (Å²) >= 11 is 0. The summed E-state index contributed by atoms with van der Waals surface area (Å²) in [6, 6.07) is 0. The van der Waals surface area contributed by atoms with E-state index in [1.165, 1.54) is 12.8 Å². The number of aromatic nitrogens is 1. The molecule has 1 saturated heterocycles. The van der Waals surface area contributed by atoms with Gasteiger partial charge in [0, 0.05) is 25.4 Å². The number of rotatable bonds is 3. The van der Waals surface area contributed by atoms with Crippen LogP contribution in [0.25, 0.3) is 0 Å². The maximum atomic E-state index is 5.44. The molecule has 1 aliphatic heterocycles. The summed E-state index contributed by atoms with van der Waals surface area (Å²) in [6.45, 7) is 2.75. The van der Waals surface area contributed by atoms with Crippen LogP contribution in [0.15, 0.2) is 10.7 Å². The maximum absolute atomic E-state index is 5.44. The third-order valence-electron chi connectivity index (χ3n) is 2.64. The Hall–Kier alpha value is -0.870. The highest BCUT2D eigenvalue weighted by atomic mass is 16.3. The highest BCUT2D eigenvalue weighted by Gasteiger charge is 2.18. The molecular formula is C10H17N3O. The van der Waals surface area contributed by atoms with Crippen LogP contribution in [-0.4, -0.2) is 24.6 Å². The smallest absolute Gasteiger partial charge is 0.195 e. The van der Waals surface area contributed by atoms with Crippen molar-refractivity contribution in [3.8, 4) is 0 Å². The quantitative estimate of drug-likeness (QED) is 0.743. The second kappa shape index (κ2) is 4.57. The van der Waals surface area contributed by atoms with Crippen molar-refractivity contribution in [2.24, 2.45) is 5.73 Å². The van der Waals surface area contributed by atoms with E-state index in [0.717, 1.165) is 31.1 Å². The Morgan fingerprint density at radius 3 is 3.29 bits per heavy atom. The molecule has 2 rings (SSSR count). The van der Waals surface area contributed by atoms with Crippen LogP contribution in [0, 0.1) is 0 Å². The molecule has 78 valence electrons. The molecule has 14 heavy (non-hydrogen) atoms. The fourth-order valence-electron chi connectivity index (χ4n) is 1.86. The first kappa shape index (κ1) is 9.68. The molecule has 1 aromatic heterocycles. The summed E-state index contributed by atoms with van der Waals surface area (Å²) in [7, 11) is 0. The van der Waals surface area contributed by atoms with Crippen LogP contribution < -0.4 is 11.1 Å². The zero-order valence-corrected chi connectivity index (χ0v) is 8.33. The van der Waals surface area contributed by atoms with Crippen molar-refractivity contribution >= 4 is 0 Å². The van der Waals surface area contributed by atoms with Gasteiger partial charge in [0.2, 0.25) is 0 Å². The first-order chi connectivity index (χ1) is 6.90. The second-order valence-electron chi connectivity index (χ2n) is 3.75. The van der Waals surface area contributed by atoms with Crippen molar-refractivity contribution in [3.63, 3.8) is 0 Å². The van der Waals surface area contributed by atoms with E-state index in [1.807, 2.05) is 0 Å². The minimum atomic E-state index is 0.527. The van der Waals surface area contributed by atoms with Gasteiger partial charge in [0.15, 0.2) is 5.89 Å². The van der Waals surface area contributed by atoms with Crippen molar-refractivity contribution in [1.29, 1.82) is 0 Å². The Morgan fingerprint density at radius 2 is 2.57 bits per heavy atom. The van der Waals surface area contributed by atoms with Crippen molar-refractivity contribution in [2.75, 3.05) is 19.6 Å². The number of hydrogen-bond donors (Lipinski definition) is 2. The molecular weight excluding hydrogens is 178 g/mol. The third-order valence-corrected chi connectivity index (χ3v) is 2.64. The summed E-state index contributed by atoms with van der Waals surface area (Å²) in [5.41, 5.74) is 6.52. The van der Waals surface area contributed by atoms with E-state index in [1.54, 1.807) is 6.26 Å². The molecule has 0 amide bonds. The van der Waals surface area contributed by atoms with E-state index in [4.69, 9.17) is 10.2 Å². The van der Waals surface area contributed by atoms with E-state index in [-0.39, 0.29) is 0 Å². The fourth-order valence-corrected chi connectivity index (χ4v) is 1.86. The zero-order valence-electron chi connectivity index (χ0n) is 8.33. The molecule has 0 saturated carbocycles. The van der Waals surface area contributed by atoms with Gasteiger partial charge in [0.25, 0.3) is 0 Å². The van der Waals surface area contributed by atoms with Crippen molar-refractivity contribution < 1.29 is 4.42 Å². The third kappa shape index (κ3) is 2.13. The Labute approximate surface area is 83.9 Å². The predicted octanol–water partition coefficient (Wildman–Crippen LogP) is 0.643. The van der Waals surface area contributed by atoms with Crippen LogP contribution in [0.4, 0.5) is 0 Å². The van der Waals surface area contributed by atoms with Gasteiger partial charge in [-0.3, -0.25) is 0 Å². The lowest BCUT2D eigenvalue weighted by Gasteiger charge is -2.20. The largest absolute Gasteiger partial charge is 0.449 e. The molecule has 0 aliphatic carbocycles. The molecule has 0 spiro atoms. The lowest BCUT2D eigenvalue weighted by Crippen LogP contribution is -2.28. The van der Waals surface area contributed by atoms with Crippen LogP contribution >= 0.6 is 0 Å². The summed E-state index contributed by atoms with van der Waals surface area (Å²) in [5.74, 6) is 1.30. The maximum Gasteiger partial charge on any atom is 0.195 e. The second-order valence-corrected chi connectivity index (χ2v) is 3.75. The van der Waals surface area contributed by atoms with Crippen molar-refractivity contribution in [1.82, 2.24) is 10.3 Å². The van der Waals surface area contributed by atoms with Gasteiger partial charge in [-0.05, 0) is 19.4 Å². The zero-order chi connectivity index (χ0) is 9.80. The molecule has 4 nitrogen and oxygen atoms in total. The van der Waals surface area contributed by atoms with E-state index in [0.29, 0.717) is 12.5 Å². The van der Waals surface area contributed by atoms with E-state index in [9.17, 15) is 0 Å². The average molecular weight is 195 g/mol. The van der Waals surface area contributed by atoms with Crippen molar-refractivity contribution in [2.45, 2.75) is 25.2 Å².